The Morgan fingerprint density at radius 2 is 2.07 bits per heavy atom. The molecule has 0 radical (unpaired) electrons. The van der Waals surface area contributed by atoms with E-state index in [0.717, 1.165) is 39.5 Å². The molecule has 0 aromatic rings. The van der Waals surface area contributed by atoms with Crippen LogP contribution in [0.4, 0.5) is 0 Å². The molecule has 0 aliphatic carbocycles. The summed E-state index contributed by atoms with van der Waals surface area (Å²) in [5, 5.41) is 0.153. The largest absolute Gasteiger partial charge is 0.381 e. The highest BCUT2D eigenvalue weighted by molar-refractivity contribution is 6.20. The van der Waals surface area contributed by atoms with E-state index in [2.05, 4.69) is 4.90 Å². The fraction of sp³-hybridized carbons (Fsp3) is 1.00. The van der Waals surface area contributed by atoms with Crippen molar-refractivity contribution in [2.45, 2.75) is 11.8 Å². The molecule has 3 nitrogen and oxygen atoms in total. The predicted molar refractivity (Wildman–Crippen MR) is 55.8 cm³/mol. The first-order valence-electron chi connectivity index (χ1n) is 5.36. The summed E-state index contributed by atoms with van der Waals surface area (Å²) in [5.41, 5.74) is 0. The van der Waals surface area contributed by atoms with Crippen molar-refractivity contribution < 1.29 is 9.47 Å². The monoisotopic (exact) mass is 219 g/mol. The average Bonchev–Trinajstić information content (AvgIpc) is 2.56. The highest BCUT2D eigenvalue weighted by atomic mass is 35.5. The molecular formula is C10H18ClNO2. The second-order valence-corrected chi connectivity index (χ2v) is 4.78. The number of nitrogens with zero attached hydrogens (tertiary/aromatic N) is 1. The van der Waals surface area contributed by atoms with Gasteiger partial charge in [0.2, 0.25) is 0 Å². The minimum absolute atomic E-state index is 0.153. The van der Waals surface area contributed by atoms with Gasteiger partial charge in [-0.05, 0) is 12.3 Å². The number of hydrogen-bond acceptors (Lipinski definition) is 3. The lowest BCUT2D eigenvalue weighted by molar-refractivity contribution is 0.135. The van der Waals surface area contributed by atoms with Gasteiger partial charge in [0.15, 0.2) is 0 Å². The fourth-order valence-electron chi connectivity index (χ4n) is 2.09. The lowest BCUT2D eigenvalue weighted by Crippen LogP contribution is -2.35. The van der Waals surface area contributed by atoms with Crippen molar-refractivity contribution >= 4 is 11.6 Å². The van der Waals surface area contributed by atoms with E-state index in [1.165, 1.54) is 6.42 Å². The molecule has 0 bridgehead atoms. The van der Waals surface area contributed by atoms with Crippen LogP contribution in [-0.4, -0.2) is 56.3 Å². The third-order valence-electron chi connectivity index (χ3n) is 2.85. The van der Waals surface area contributed by atoms with Gasteiger partial charge in [-0.15, -0.1) is 11.6 Å². The van der Waals surface area contributed by atoms with Gasteiger partial charge in [-0.2, -0.15) is 0 Å². The number of rotatable bonds is 2. The SMILES string of the molecule is ClC1COCCN(CC2CCOC2)C1. The number of halogens is 1. The van der Waals surface area contributed by atoms with Crippen LogP contribution >= 0.6 is 11.6 Å². The van der Waals surface area contributed by atoms with Crippen LogP contribution in [0.5, 0.6) is 0 Å². The van der Waals surface area contributed by atoms with Gasteiger partial charge in [-0.3, -0.25) is 4.90 Å². The third kappa shape index (κ3) is 3.09. The number of alkyl halides is 1. The van der Waals surface area contributed by atoms with Crippen molar-refractivity contribution in [2.24, 2.45) is 5.92 Å². The molecule has 0 amide bonds. The van der Waals surface area contributed by atoms with Crippen LogP contribution in [0.15, 0.2) is 0 Å². The fourth-order valence-corrected chi connectivity index (χ4v) is 2.37. The summed E-state index contributed by atoms with van der Waals surface area (Å²) < 4.78 is 10.8. The molecule has 0 saturated carbocycles. The molecule has 2 heterocycles. The Morgan fingerprint density at radius 1 is 1.21 bits per heavy atom. The molecule has 0 spiro atoms. The molecule has 14 heavy (non-hydrogen) atoms. The van der Waals surface area contributed by atoms with Crippen LogP contribution in [-0.2, 0) is 9.47 Å². The van der Waals surface area contributed by atoms with Gasteiger partial charge in [0.25, 0.3) is 0 Å². The van der Waals surface area contributed by atoms with Gasteiger partial charge in [0.05, 0.1) is 25.2 Å². The van der Waals surface area contributed by atoms with Crippen LogP contribution in [0.3, 0.4) is 0 Å². The molecule has 2 unspecified atom stereocenters. The van der Waals surface area contributed by atoms with Gasteiger partial charge >= 0.3 is 0 Å². The molecule has 2 saturated heterocycles. The van der Waals surface area contributed by atoms with E-state index in [1.54, 1.807) is 0 Å². The van der Waals surface area contributed by atoms with Gasteiger partial charge in [0, 0.05) is 26.2 Å². The summed E-state index contributed by atoms with van der Waals surface area (Å²) in [4.78, 5) is 2.41. The first kappa shape index (κ1) is 10.7. The zero-order chi connectivity index (χ0) is 9.80. The molecule has 2 rings (SSSR count). The van der Waals surface area contributed by atoms with Crippen molar-refractivity contribution in [2.75, 3.05) is 46.1 Å². The van der Waals surface area contributed by atoms with Crippen LogP contribution in [0.25, 0.3) is 0 Å². The Balaban J connectivity index is 1.77. The van der Waals surface area contributed by atoms with Crippen molar-refractivity contribution in [3.8, 4) is 0 Å². The van der Waals surface area contributed by atoms with Crippen LogP contribution < -0.4 is 0 Å². The Bertz CT molecular complexity index is 174. The molecule has 0 aromatic heterocycles. The molecule has 2 aliphatic heterocycles. The van der Waals surface area contributed by atoms with Crippen molar-refractivity contribution in [3.05, 3.63) is 0 Å². The third-order valence-corrected chi connectivity index (χ3v) is 3.11. The maximum absolute atomic E-state index is 6.10. The topological polar surface area (TPSA) is 21.7 Å². The zero-order valence-electron chi connectivity index (χ0n) is 8.45. The minimum Gasteiger partial charge on any atom is -0.381 e. The zero-order valence-corrected chi connectivity index (χ0v) is 9.21. The van der Waals surface area contributed by atoms with E-state index < -0.39 is 0 Å². The standard InChI is InChI=1S/C10H18ClNO2/c11-10-6-12(2-4-14-8-10)5-9-1-3-13-7-9/h9-10H,1-8H2. The van der Waals surface area contributed by atoms with Gasteiger partial charge in [-0.25, -0.2) is 0 Å². The first-order chi connectivity index (χ1) is 6.84. The highest BCUT2D eigenvalue weighted by Crippen LogP contribution is 2.15. The van der Waals surface area contributed by atoms with Crippen molar-refractivity contribution in [3.63, 3.8) is 0 Å². The average molecular weight is 220 g/mol. The summed E-state index contributed by atoms with van der Waals surface area (Å²) in [6, 6.07) is 0. The van der Waals surface area contributed by atoms with E-state index >= 15 is 0 Å². The Hall–Kier alpha value is 0.170. The molecule has 4 heteroatoms. The quantitative estimate of drug-likeness (QED) is 0.646. The molecule has 2 aliphatic rings. The molecule has 82 valence electrons. The van der Waals surface area contributed by atoms with E-state index in [1.807, 2.05) is 0 Å². The normalized spacial score (nSPS) is 35.8. The molecule has 0 aromatic carbocycles. The van der Waals surface area contributed by atoms with E-state index in [0.29, 0.717) is 12.5 Å². The molecule has 2 fully saturated rings. The van der Waals surface area contributed by atoms with Gasteiger partial charge in [0.1, 0.15) is 0 Å². The van der Waals surface area contributed by atoms with E-state index in [-0.39, 0.29) is 5.38 Å². The van der Waals surface area contributed by atoms with Gasteiger partial charge < -0.3 is 9.47 Å². The van der Waals surface area contributed by atoms with Crippen LogP contribution in [0, 0.1) is 5.92 Å². The lowest BCUT2D eigenvalue weighted by Gasteiger charge is -2.23. The first-order valence-corrected chi connectivity index (χ1v) is 5.80. The van der Waals surface area contributed by atoms with E-state index in [4.69, 9.17) is 21.1 Å². The minimum atomic E-state index is 0.153. The molecular weight excluding hydrogens is 202 g/mol. The summed E-state index contributed by atoms with van der Waals surface area (Å²) in [6.45, 7) is 6.45. The highest BCUT2D eigenvalue weighted by Gasteiger charge is 2.22. The molecule has 0 N–H and O–H groups in total. The summed E-state index contributed by atoms with van der Waals surface area (Å²) in [5.74, 6) is 0.706. The maximum Gasteiger partial charge on any atom is 0.0696 e. The summed E-state index contributed by atoms with van der Waals surface area (Å²) in [7, 11) is 0. The van der Waals surface area contributed by atoms with Crippen LogP contribution in [0.1, 0.15) is 6.42 Å². The smallest absolute Gasteiger partial charge is 0.0696 e. The van der Waals surface area contributed by atoms with Gasteiger partial charge in [-0.1, -0.05) is 0 Å². The second kappa shape index (κ2) is 5.31. The Morgan fingerprint density at radius 3 is 2.86 bits per heavy atom. The van der Waals surface area contributed by atoms with Crippen LogP contribution in [0.2, 0.25) is 0 Å². The van der Waals surface area contributed by atoms with E-state index in [9.17, 15) is 0 Å². The Labute approximate surface area is 90.3 Å². The second-order valence-electron chi connectivity index (χ2n) is 4.16. The van der Waals surface area contributed by atoms with Crippen molar-refractivity contribution in [1.29, 1.82) is 0 Å². The summed E-state index contributed by atoms with van der Waals surface area (Å²) >= 11 is 6.10. The maximum atomic E-state index is 6.10. The van der Waals surface area contributed by atoms with Crippen molar-refractivity contribution in [1.82, 2.24) is 4.90 Å². The summed E-state index contributed by atoms with van der Waals surface area (Å²) in [6.07, 6.45) is 1.20. The Kier molecular flexibility index (Phi) is 4.05. The number of hydrogen-bond donors (Lipinski definition) is 0. The molecule has 2 atom stereocenters. The predicted octanol–water partition coefficient (Wildman–Crippen LogP) is 0.963. The lowest BCUT2D eigenvalue weighted by atomic mass is 10.1. The number of ether oxygens (including phenoxy) is 2.